The third-order valence-corrected chi connectivity index (χ3v) is 2.82. The topological polar surface area (TPSA) is 35.5 Å². The molecule has 0 aliphatic heterocycles. The van der Waals surface area contributed by atoms with E-state index >= 15 is 0 Å². The van der Waals surface area contributed by atoms with Gasteiger partial charge in [0.1, 0.15) is 5.75 Å². The Bertz CT molecular complexity index is 445. The molecule has 0 saturated heterocycles. The van der Waals surface area contributed by atoms with Crippen molar-refractivity contribution in [1.29, 1.82) is 0 Å². The summed E-state index contributed by atoms with van der Waals surface area (Å²) in [7, 11) is 0. The fraction of sp³-hybridized carbons (Fsp3) is 0.500. The van der Waals surface area contributed by atoms with Gasteiger partial charge in [0.05, 0.1) is 19.1 Å². The van der Waals surface area contributed by atoms with Crippen molar-refractivity contribution in [1.82, 2.24) is 0 Å². The van der Waals surface area contributed by atoms with Crippen LogP contribution < -0.4 is 4.74 Å². The van der Waals surface area contributed by atoms with Crippen LogP contribution in [-0.2, 0) is 16.0 Å². The third-order valence-electron chi connectivity index (χ3n) is 2.27. The molecule has 0 fully saturated rings. The monoisotopic (exact) mass is 304 g/mol. The fourth-order valence-corrected chi connectivity index (χ4v) is 2.08. The summed E-state index contributed by atoms with van der Waals surface area (Å²) < 4.78 is 10.7. The number of rotatable bonds is 6. The molecule has 106 valence electrons. The van der Waals surface area contributed by atoms with Gasteiger partial charge in [0.15, 0.2) is 0 Å². The summed E-state index contributed by atoms with van der Waals surface area (Å²) in [5.74, 6) is 0.209. The minimum atomic E-state index is -0.333. The highest BCUT2D eigenvalue weighted by molar-refractivity contribution is 6.35. The molecule has 5 heteroatoms. The molecule has 0 spiro atoms. The average Bonchev–Trinajstić information content (AvgIpc) is 2.29. The van der Waals surface area contributed by atoms with Gasteiger partial charge in [-0.3, -0.25) is 4.79 Å². The Balaban J connectivity index is 2.93. The van der Waals surface area contributed by atoms with Crippen LogP contribution in [-0.4, -0.2) is 18.7 Å². The summed E-state index contributed by atoms with van der Waals surface area (Å²) in [5.41, 5.74) is 0.616. The van der Waals surface area contributed by atoms with Crippen LogP contribution in [0.5, 0.6) is 5.75 Å². The van der Waals surface area contributed by atoms with E-state index in [0.717, 1.165) is 6.42 Å². The number of halogens is 2. The quantitative estimate of drug-likeness (QED) is 0.736. The van der Waals surface area contributed by atoms with Gasteiger partial charge in [-0.25, -0.2) is 0 Å². The molecular weight excluding hydrogens is 287 g/mol. The van der Waals surface area contributed by atoms with E-state index in [0.29, 0.717) is 28.0 Å². The molecule has 0 radical (unpaired) electrons. The fourth-order valence-electron chi connectivity index (χ4n) is 1.54. The lowest BCUT2D eigenvalue weighted by molar-refractivity contribution is -0.146. The molecule has 1 aromatic rings. The number of carbonyl (C=O) groups is 1. The summed E-state index contributed by atoms with van der Waals surface area (Å²) in [6.07, 6.45) is 0.784. The van der Waals surface area contributed by atoms with Gasteiger partial charge in [-0.05, 0) is 32.4 Å². The SMILES string of the molecule is CCCOc1cc(Cl)cc(Cl)c1CC(=O)OC(C)C. The first-order valence-electron chi connectivity index (χ1n) is 6.24. The van der Waals surface area contributed by atoms with E-state index in [1.165, 1.54) is 0 Å². The zero-order valence-corrected chi connectivity index (χ0v) is 12.8. The molecule has 0 heterocycles. The zero-order chi connectivity index (χ0) is 14.4. The highest BCUT2D eigenvalue weighted by Gasteiger charge is 2.16. The van der Waals surface area contributed by atoms with Crippen LogP contribution in [0.15, 0.2) is 12.1 Å². The van der Waals surface area contributed by atoms with Gasteiger partial charge in [0.2, 0.25) is 0 Å². The molecule has 0 bridgehead atoms. The molecule has 1 aromatic carbocycles. The van der Waals surface area contributed by atoms with Crippen LogP contribution in [0.4, 0.5) is 0 Å². The molecule has 0 unspecified atom stereocenters. The molecule has 19 heavy (non-hydrogen) atoms. The van der Waals surface area contributed by atoms with Crippen LogP contribution >= 0.6 is 23.2 Å². The Labute approximate surface area is 123 Å². The molecule has 0 aliphatic carbocycles. The second-order valence-corrected chi connectivity index (χ2v) is 5.27. The molecule has 3 nitrogen and oxygen atoms in total. The Morgan fingerprint density at radius 2 is 2.00 bits per heavy atom. The van der Waals surface area contributed by atoms with Crippen molar-refractivity contribution in [2.45, 2.75) is 39.7 Å². The summed E-state index contributed by atoms with van der Waals surface area (Å²) >= 11 is 12.1. The number of hydrogen-bond acceptors (Lipinski definition) is 3. The lowest BCUT2D eigenvalue weighted by atomic mass is 10.1. The van der Waals surface area contributed by atoms with E-state index in [4.69, 9.17) is 32.7 Å². The van der Waals surface area contributed by atoms with E-state index < -0.39 is 0 Å². The number of esters is 1. The van der Waals surface area contributed by atoms with Crippen LogP contribution in [0.2, 0.25) is 10.0 Å². The molecule has 0 amide bonds. The van der Waals surface area contributed by atoms with E-state index in [-0.39, 0.29) is 18.5 Å². The third kappa shape index (κ3) is 5.29. The van der Waals surface area contributed by atoms with E-state index in [2.05, 4.69) is 0 Å². The van der Waals surface area contributed by atoms with E-state index in [9.17, 15) is 4.79 Å². The van der Waals surface area contributed by atoms with Crippen molar-refractivity contribution in [2.24, 2.45) is 0 Å². The summed E-state index contributed by atoms with van der Waals surface area (Å²) in [4.78, 5) is 11.7. The van der Waals surface area contributed by atoms with Crippen LogP contribution in [0.25, 0.3) is 0 Å². The minimum absolute atomic E-state index is 0.0766. The molecular formula is C14H18Cl2O3. The van der Waals surface area contributed by atoms with Crippen molar-refractivity contribution in [3.05, 3.63) is 27.7 Å². The lowest BCUT2D eigenvalue weighted by Gasteiger charge is -2.14. The first kappa shape index (κ1) is 16.1. The minimum Gasteiger partial charge on any atom is -0.493 e. The first-order valence-corrected chi connectivity index (χ1v) is 6.99. The normalized spacial score (nSPS) is 10.6. The summed E-state index contributed by atoms with van der Waals surface area (Å²) in [6, 6.07) is 3.26. The van der Waals surface area contributed by atoms with Crippen molar-refractivity contribution in [2.75, 3.05) is 6.61 Å². The Kier molecular flexibility index (Phi) is 6.46. The van der Waals surface area contributed by atoms with Gasteiger partial charge in [-0.15, -0.1) is 0 Å². The van der Waals surface area contributed by atoms with E-state index in [1.807, 2.05) is 6.92 Å². The van der Waals surface area contributed by atoms with Gasteiger partial charge < -0.3 is 9.47 Å². The van der Waals surface area contributed by atoms with Gasteiger partial charge in [0, 0.05) is 15.6 Å². The maximum Gasteiger partial charge on any atom is 0.310 e. The van der Waals surface area contributed by atoms with Crippen LogP contribution in [0.1, 0.15) is 32.8 Å². The number of benzene rings is 1. The molecule has 0 aliphatic rings. The van der Waals surface area contributed by atoms with Crippen molar-refractivity contribution >= 4 is 29.2 Å². The molecule has 0 atom stereocenters. The van der Waals surface area contributed by atoms with Crippen LogP contribution in [0, 0.1) is 0 Å². The molecule has 0 aromatic heterocycles. The number of carbonyl (C=O) groups excluding carboxylic acids is 1. The Morgan fingerprint density at radius 1 is 1.32 bits per heavy atom. The highest BCUT2D eigenvalue weighted by Crippen LogP contribution is 2.31. The van der Waals surface area contributed by atoms with Crippen molar-refractivity contribution < 1.29 is 14.3 Å². The Hall–Kier alpha value is -0.930. The maximum atomic E-state index is 11.7. The van der Waals surface area contributed by atoms with Crippen molar-refractivity contribution in [3.8, 4) is 5.75 Å². The van der Waals surface area contributed by atoms with Crippen molar-refractivity contribution in [3.63, 3.8) is 0 Å². The van der Waals surface area contributed by atoms with E-state index in [1.54, 1.807) is 26.0 Å². The van der Waals surface area contributed by atoms with Gasteiger partial charge in [-0.1, -0.05) is 30.1 Å². The molecule has 1 rings (SSSR count). The van der Waals surface area contributed by atoms with Gasteiger partial charge >= 0.3 is 5.97 Å². The van der Waals surface area contributed by atoms with Gasteiger partial charge in [0.25, 0.3) is 0 Å². The van der Waals surface area contributed by atoms with Crippen LogP contribution in [0.3, 0.4) is 0 Å². The summed E-state index contributed by atoms with van der Waals surface area (Å²) in [6.45, 7) is 6.15. The largest absolute Gasteiger partial charge is 0.493 e. The number of hydrogen-bond donors (Lipinski definition) is 0. The standard InChI is InChI=1S/C14H18Cl2O3/c1-4-5-18-13-7-10(15)6-12(16)11(13)8-14(17)19-9(2)3/h6-7,9H,4-5,8H2,1-3H3. The molecule has 0 saturated carbocycles. The Morgan fingerprint density at radius 3 is 2.58 bits per heavy atom. The maximum absolute atomic E-state index is 11.7. The second-order valence-electron chi connectivity index (χ2n) is 4.43. The van der Waals surface area contributed by atoms with Gasteiger partial charge in [-0.2, -0.15) is 0 Å². The average molecular weight is 305 g/mol. The second kappa shape index (κ2) is 7.61. The number of ether oxygens (including phenoxy) is 2. The first-order chi connectivity index (χ1) is 8.93. The highest BCUT2D eigenvalue weighted by atomic mass is 35.5. The summed E-state index contributed by atoms with van der Waals surface area (Å²) in [5, 5.41) is 0.899. The smallest absolute Gasteiger partial charge is 0.310 e. The lowest BCUT2D eigenvalue weighted by Crippen LogP contribution is -2.14. The predicted molar refractivity (Wildman–Crippen MR) is 77.2 cm³/mol. The molecule has 0 N–H and O–H groups in total. The predicted octanol–water partition coefficient (Wildman–Crippen LogP) is 4.28. The zero-order valence-electron chi connectivity index (χ0n) is 11.3.